The molecule has 1 N–H and O–H groups in total. The van der Waals surface area contributed by atoms with Crippen LogP contribution >= 0.6 is 8.60 Å². The van der Waals surface area contributed by atoms with E-state index < -0.39 is 8.60 Å². The maximum atomic E-state index is 9.51. The maximum absolute atomic E-state index is 9.51. The van der Waals surface area contributed by atoms with Gasteiger partial charge < -0.3 is 13.9 Å². The number of unbranched alkanes of at least 4 members (excludes halogenated alkanes) is 17. The van der Waals surface area contributed by atoms with Crippen molar-refractivity contribution in [1.29, 1.82) is 0 Å². The summed E-state index contributed by atoms with van der Waals surface area (Å²) in [7, 11) is -1.69. The van der Waals surface area contributed by atoms with Crippen molar-refractivity contribution in [3.05, 3.63) is 12.2 Å². The van der Waals surface area contributed by atoms with Crippen LogP contribution in [0.2, 0.25) is 0 Å². The van der Waals surface area contributed by atoms with Crippen molar-refractivity contribution in [3.63, 3.8) is 0 Å². The molecule has 0 spiro atoms. The van der Waals surface area contributed by atoms with Crippen LogP contribution in [-0.2, 0) is 9.05 Å². The minimum atomic E-state index is -1.69. The van der Waals surface area contributed by atoms with Gasteiger partial charge in [0.25, 0.3) is 0 Å². The first kappa shape index (κ1) is 28.1. The van der Waals surface area contributed by atoms with Crippen LogP contribution in [0.1, 0.15) is 129 Å². The maximum Gasteiger partial charge on any atom is 0.330 e. The molecule has 0 rings (SSSR count). The molecule has 0 amide bonds. The largest absolute Gasteiger partial charge is 0.330 e. The van der Waals surface area contributed by atoms with Crippen LogP contribution in [0.4, 0.5) is 0 Å². The summed E-state index contributed by atoms with van der Waals surface area (Å²) < 4.78 is 10.4. The zero-order valence-electron chi connectivity index (χ0n) is 19.0. The minimum Gasteiger partial charge on any atom is -0.328 e. The lowest BCUT2D eigenvalue weighted by atomic mass is 10.0. The van der Waals surface area contributed by atoms with E-state index in [-0.39, 0.29) is 0 Å². The van der Waals surface area contributed by atoms with Crippen LogP contribution in [0.5, 0.6) is 0 Å². The minimum absolute atomic E-state index is 0.428. The first-order valence-electron chi connectivity index (χ1n) is 12.2. The van der Waals surface area contributed by atoms with Gasteiger partial charge in [-0.2, -0.15) is 0 Å². The SMILES string of the molecule is CC=CCOP(O)OCCCCCCCCCCCCCCCCCCCC. The van der Waals surface area contributed by atoms with Gasteiger partial charge in [0.15, 0.2) is 0 Å². The lowest BCUT2D eigenvalue weighted by molar-refractivity contribution is 0.210. The molecule has 0 aliphatic rings. The van der Waals surface area contributed by atoms with E-state index in [4.69, 9.17) is 9.05 Å². The molecular weight excluding hydrogens is 367 g/mol. The van der Waals surface area contributed by atoms with Crippen LogP contribution in [-0.4, -0.2) is 18.1 Å². The Labute approximate surface area is 177 Å². The molecule has 0 fully saturated rings. The molecule has 1 unspecified atom stereocenters. The lowest BCUT2D eigenvalue weighted by Crippen LogP contribution is -1.93. The first-order valence-corrected chi connectivity index (χ1v) is 13.3. The van der Waals surface area contributed by atoms with E-state index in [2.05, 4.69) is 6.92 Å². The number of rotatable bonds is 23. The van der Waals surface area contributed by atoms with Crippen LogP contribution in [0.25, 0.3) is 0 Å². The van der Waals surface area contributed by atoms with Crippen LogP contribution in [0.3, 0.4) is 0 Å². The zero-order valence-corrected chi connectivity index (χ0v) is 19.9. The van der Waals surface area contributed by atoms with Gasteiger partial charge in [0.05, 0.1) is 13.2 Å². The third kappa shape index (κ3) is 24.1. The fourth-order valence-corrected chi connectivity index (χ4v) is 3.96. The molecule has 0 bridgehead atoms. The molecule has 0 aromatic rings. The monoisotopic (exact) mass is 416 g/mol. The average molecular weight is 417 g/mol. The van der Waals surface area contributed by atoms with Gasteiger partial charge in [0, 0.05) is 0 Å². The highest BCUT2D eigenvalue weighted by Gasteiger charge is 2.04. The topological polar surface area (TPSA) is 38.7 Å². The van der Waals surface area contributed by atoms with Gasteiger partial charge in [0.2, 0.25) is 0 Å². The summed E-state index contributed by atoms with van der Waals surface area (Å²) >= 11 is 0. The van der Waals surface area contributed by atoms with E-state index in [0.29, 0.717) is 13.2 Å². The second-order valence-corrected chi connectivity index (χ2v) is 8.94. The second kappa shape index (κ2) is 25.1. The highest BCUT2D eigenvalue weighted by molar-refractivity contribution is 7.40. The number of hydrogen-bond acceptors (Lipinski definition) is 3. The molecule has 1 atom stereocenters. The molecule has 168 valence electrons. The molecule has 0 saturated heterocycles. The van der Waals surface area contributed by atoms with Crippen molar-refractivity contribution in [1.82, 2.24) is 0 Å². The molecule has 4 heteroatoms. The van der Waals surface area contributed by atoms with Crippen molar-refractivity contribution < 1.29 is 13.9 Å². The van der Waals surface area contributed by atoms with E-state index in [1.807, 2.05) is 19.1 Å². The second-order valence-electron chi connectivity index (χ2n) is 7.95. The van der Waals surface area contributed by atoms with Crippen molar-refractivity contribution in [2.45, 2.75) is 129 Å². The van der Waals surface area contributed by atoms with Crippen LogP contribution in [0.15, 0.2) is 12.2 Å². The van der Waals surface area contributed by atoms with E-state index in [1.165, 1.54) is 109 Å². The van der Waals surface area contributed by atoms with E-state index in [9.17, 15) is 4.89 Å². The van der Waals surface area contributed by atoms with Crippen LogP contribution < -0.4 is 0 Å². The third-order valence-electron chi connectivity index (χ3n) is 5.22. The molecule has 0 aromatic heterocycles. The summed E-state index contributed by atoms with van der Waals surface area (Å²) in [6, 6.07) is 0. The van der Waals surface area contributed by atoms with Crippen molar-refractivity contribution in [3.8, 4) is 0 Å². The molecule has 0 heterocycles. The Bertz CT molecular complexity index is 310. The molecule has 0 aliphatic heterocycles. The van der Waals surface area contributed by atoms with Crippen LogP contribution in [0, 0.1) is 0 Å². The van der Waals surface area contributed by atoms with Gasteiger partial charge in [-0.3, -0.25) is 0 Å². The normalized spacial score (nSPS) is 12.8. The fourth-order valence-electron chi connectivity index (χ4n) is 3.39. The zero-order chi connectivity index (χ0) is 20.5. The molecule has 28 heavy (non-hydrogen) atoms. The van der Waals surface area contributed by atoms with E-state index >= 15 is 0 Å². The quantitative estimate of drug-likeness (QED) is 0.103. The smallest absolute Gasteiger partial charge is 0.328 e. The summed E-state index contributed by atoms with van der Waals surface area (Å²) in [5, 5.41) is 0. The average Bonchev–Trinajstić information content (AvgIpc) is 2.70. The van der Waals surface area contributed by atoms with Crippen molar-refractivity contribution >= 4 is 8.60 Å². The van der Waals surface area contributed by atoms with E-state index in [0.717, 1.165) is 6.42 Å². The van der Waals surface area contributed by atoms with Gasteiger partial charge in [-0.1, -0.05) is 128 Å². The van der Waals surface area contributed by atoms with Gasteiger partial charge in [0.1, 0.15) is 0 Å². The Morgan fingerprint density at radius 3 is 1.39 bits per heavy atom. The van der Waals surface area contributed by atoms with Crippen molar-refractivity contribution in [2.75, 3.05) is 13.2 Å². The number of hydrogen-bond donors (Lipinski definition) is 1. The Balaban J connectivity index is 3.06. The standard InChI is InChI=1S/C24H49O3P/c1-3-5-7-8-9-10-11-12-13-14-15-16-17-18-19-20-21-22-24-27-28(25)26-23-6-4-2/h4,6,25H,3,5,7-24H2,1-2H3. The molecule has 0 aliphatic carbocycles. The first-order chi connectivity index (χ1) is 13.8. The summed E-state index contributed by atoms with van der Waals surface area (Å²) in [6.45, 7) is 5.26. The van der Waals surface area contributed by atoms with E-state index in [1.54, 1.807) is 0 Å². The molecule has 3 nitrogen and oxygen atoms in total. The Hall–Kier alpha value is 0.0500. The number of allylic oxidation sites excluding steroid dienone is 1. The third-order valence-corrected chi connectivity index (χ3v) is 5.99. The van der Waals surface area contributed by atoms with Gasteiger partial charge in [-0.05, 0) is 13.3 Å². The summed E-state index contributed by atoms with van der Waals surface area (Å²) in [5.74, 6) is 0. The summed E-state index contributed by atoms with van der Waals surface area (Å²) in [5.41, 5.74) is 0. The molecule has 0 saturated carbocycles. The molecule has 0 radical (unpaired) electrons. The molecule has 0 aromatic carbocycles. The molecular formula is C24H49O3P. The predicted molar refractivity (Wildman–Crippen MR) is 125 cm³/mol. The summed E-state index contributed by atoms with van der Waals surface area (Å²) in [6.07, 6.45) is 28.6. The Morgan fingerprint density at radius 2 is 1.00 bits per heavy atom. The van der Waals surface area contributed by atoms with Gasteiger partial charge in [-0.15, -0.1) is 0 Å². The highest BCUT2D eigenvalue weighted by atomic mass is 31.2. The predicted octanol–water partition coefficient (Wildman–Crippen LogP) is 8.86. The highest BCUT2D eigenvalue weighted by Crippen LogP contribution is 2.32. The van der Waals surface area contributed by atoms with Gasteiger partial charge >= 0.3 is 8.60 Å². The van der Waals surface area contributed by atoms with Crippen molar-refractivity contribution in [2.24, 2.45) is 0 Å². The summed E-state index contributed by atoms with van der Waals surface area (Å²) in [4.78, 5) is 9.51. The van der Waals surface area contributed by atoms with Gasteiger partial charge in [-0.25, -0.2) is 0 Å². The fraction of sp³-hybridized carbons (Fsp3) is 0.917. The Kier molecular flexibility index (Phi) is 25.1. The Morgan fingerprint density at radius 1 is 0.607 bits per heavy atom. The lowest BCUT2D eigenvalue weighted by Gasteiger charge is -2.09.